The van der Waals surface area contributed by atoms with Gasteiger partial charge in [-0.3, -0.25) is 0 Å². The third-order valence-corrected chi connectivity index (χ3v) is 5.32. The van der Waals surface area contributed by atoms with Crippen LogP contribution in [0.1, 0.15) is 38.1 Å². The van der Waals surface area contributed by atoms with Gasteiger partial charge in [-0.05, 0) is 25.5 Å². The van der Waals surface area contributed by atoms with Crippen LogP contribution in [0.2, 0.25) is 0 Å². The fourth-order valence-electron chi connectivity index (χ4n) is 2.98. The number of nitrogens with zero attached hydrogens (tertiary/aromatic N) is 1. The molecule has 1 saturated heterocycles. The second kappa shape index (κ2) is 5.10. The number of aromatic nitrogens is 1. The van der Waals surface area contributed by atoms with E-state index in [0.29, 0.717) is 25.9 Å². The second-order valence-electron chi connectivity index (χ2n) is 6.06. The smallest absolute Gasteiger partial charge is 0.0967 e. The number of hydrogen-bond acceptors (Lipinski definition) is 4. The monoisotopic (exact) mass is 291 g/mol. The molecule has 2 heterocycles. The normalized spacial score (nSPS) is 30.8. The average molecular weight is 291 g/mol. The van der Waals surface area contributed by atoms with E-state index >= 15 is 0 Å². The van der Waals surface area contributed by atoms with E-state index in [9.17, 15) is 5.11 Å². The van der Waals surface area contributed by atoms with Crippen molar-refractivity contribution in [1.82, 2.24) is 4.98 Å². The summed E-state index contributed by atoms with van der Waals surface area (Å²) in [7, 11) is 0. The van der Waals surface area contributed by atoms with Crippen molar-refractivity contribution in [3.63, 3.8) is 0 Å². The van der Waals surface area contributed by atoms with Crippen LogP contribution in [0.4, 0.5) is 0 Å². The molecule has 0 amide bonds. The van der Waals surface area contributed by atoms with Crippen LogP contribution in [0.25, 0.3) is 10.2 Å². The van der Waals surface area contributed by atoms with Gasteiger partial charge in [0.05, 0.1) is 33.0 Å². The summed E-state index contributed by atoms with van der Waals surface area (Å²) in [6.45, 7) is 4.84. The van der Waals surface area contributed by atoms with Crippen molar-refractivity contribution < 1.29 is 9.84 Å². The van der Waals surface area contributed by atoms with E-state index in [-0.39, 0.29) is 5.60 Å². The van der Waals surface area contributed by atoms with Gasteiger partial charge >= 0.3 is 0 Å². The first-order valence-corrected chi connectivity index (χ1v) is 8.04. The molecule has 0 spiro atoms. The van der Waals surface area contributed by atoms with Gasteiger partial charge in [-0.15, -0.1) is 11.3 Å². The molecule has 0 saturated carbocycles. The number of ether oxygens (including phenoxy) is 1. The van der Waals surface area contributed by atoms with Crippen LogP contribution in [0.15, 0.2) is 24.3 Å². The molecule has 0 bridgehead atoms. The zero-order valence-electron chi connectivity index (χ0n) is 12.1. The van der Waals surface area contributed by atoms with Gasteiger partial charge in [0.1, 0.15) is 0 Å². The van der Waals surface area contributed by atoms with Gasteiger partial charge in [-0.25, -0.2) is 4.98 Å². The van der Waals surface area contributed by atoms with Crippen LogP contribution in [-0.2, 0) is 11.2 Å². The molecule has 2 atom stereocenters. The molecule has 108 valence electrons. The van der Waals surface area contributed by atoms with Crippen molar-refractivity contribution in [2.45, 2.75) is 50.7 Å². The van der Waals surface area contributed by atoms with Gasteiger partial charge in [-0.2, -0.15) is 0 Å². The quantitative estimate of drug-likeness (QED) is 0.940. The number of hydrogen-bond donors (Lipinski definition) is 1. The average Bonchev–Trinajstić information content (AvgIpc) is 2.79. The van der Waals surface area contributed by atoms with E-state index < -0.39 is 5.60 Å². The summed E-state index contributed by atoms with van der Waals surface area (Å²) >= 11 is 1.69. The van der Waals surface area contributed by atoms with Crippen LogP contribution in [0.5, 0.6) is 0 Å². The molecule has 3 nitrogen and oxygen atoms in total. The van der Waals surface area contributed by atoms with Gasteiger partial charge in [0.25, 0.3) is 0 Å². The van der Waals surface area contributed by atoms with Crippen molar-refractivity contribution in [2.24, 2.45) is 0 Å². The molecule has 1 aromatic heterocycles. The summed E-state index contributed by atoms with van der Waals surface area (Å²) in [4.78, 5) is 4.64. The van der Waals surface area contributed by atoms with Crippen molar-refractivity contribution >= 4 is 21.6 Å². The van der Waals surface area contributed by atoms with Gasteiger partial charge < -0.3 is 9.84 Å². The molecular formula is C16H21NO2S. The van der Waals surface area contributed by atoms with Crippen molar-refractivity contribution in [3.05, 3.63) is 29.3 Å². The Labute approximate surface area is 123 Å². The number of thiazole rings is 1. The molecule has 1 aromatic carbocycles. The lowest BCUT2D eigenvalue weighted by Crippen LogP contribution is -2.48. The van der Waals surface area contributed by atoms with E-state index in [0.717, 1.165) is 16.9 Å². The highest BCUT2D eigenvalue weighted by Gasteiger charge is 2.41. The van der Waals surface area contributed by atoms with Crippen LogP contribution in [0, 0.1) is 0 Å². The summed E-state index contributed by atoms with van der Waals surface area (Å²) in [5, 5.41) is 11.9. The maximum Gasteiger partial charge on any atom is 0.0967 e. The minimum absolute atomic E-state index is 0.205. The van der Waals surface area contributed by atoms with Crippen LogP contribution in [-0.4, -0.2) is 27.9 Å². The molecular weight excluding hydrogens is 270 g/mol. The van der Waals surface area contributed by atoms with E-state index in [1.54, 1.807) is 11.3 Å². The Hall–Kier alpha value is -0.970. The van der Waals surface area contributed by atoms with Gasteiger partial charge in [0, 0.05) is 19.3 Å². The Morgan fingerprint density at radius 3 is 2.95 bits per heavy atom. The Bertz CT molecular complexity index is 578. The summed E-state index contributed by atoms with van der Waals surface area (Å²) in [6, 6.07) is 8.14. The van der Waals surface area contributed by atoms with Crippen LogP contribution < -0.4 is 0 Å². The number of rotatable bonds is 3. The van der Waals surface area contributed by atoms with Crippen LogP contribution in [0.3, 0.4) is 0 Å². The molecule has 2 unspecified atom stereocenters. The van der Waals surface area contributed by atoms with Gasteiger partial charge in [0.15, 0.2) is 0 Å². The lowest BCUT2D eigenvalue weighted by molar-refractivity contribution is -0.152. The predicted octanol–water partition coefficient (Wildman–Crippen LogP) is 3.55. The molecule has 1 N–H and O–H groups in total. The highest BCUT2D eigenvalue weighted by atomic mass is 32.1. The number of aliphatic hydroxyl groups is 1. The standard InChI is InChI=1S/C16H21NO2S/c1-3-15(2)11-16(18,8-9-19-15)10-14-17-12-6-4-5-7-13(12)20-14/h4-7,18H,3,8-11H2,1-2H3. The molecule has 1 aliphatic rings. The SMILES string of the molecule is CCC1(C)CC(O)(Cc2nc3ccccc3s2)CCO1. The first-order valence-electron chi connectivity index (χ1n) is 7.23. The largest absolute Gasteiger partial charge is 0.389 e. The molecule has 1 aliphatic heterocycles. The lowest BCUT2D eigenvalue weighted by atomic mass is 9.80. The Morgan fingerprint density at radius 1 is 1.40 bits per heavy atom. The van der Waals surface area contributed by atoms with Crippen molar-refractivity contribution in [2.75, 3.05) is 6.61 Å². The van der Waals surface area contributed by atoms with E-state index in [1.165, 1.54) is 4.70 Å². The first-order chi connectivity index (χ1) is 9.52. The summed E-state index contributed by atoms with van der Waals surface area (Å²) < 4.78 is 7.02. The first kappa shape index (κ1) is 14.0. The van der Waals surface area contributed by atoms with Crippen molar-refractivity contribution in [3.8, 4) is 0 Å². The van der Waals surface area contributed by atoms with Gasteiger partial charge in [0.2, 0.25) is 0 Å². The maximum atomic E-state index is 10.9. The summed E-state index contributed by atoms with van der Waals surface area (Å²) in [5.74, 6) is 0. The maximum absolute atomic E-state index is 10.9. The van der Waals surface area contributed by atoms with E-state index in [1.807, 2.05) is 18.2 Å². The zero-order chi connectivity index (χ0) is 14.2. The molecule has 0 radical (unpaired) electrons. The Kier molecular flexibility index (Phi) is 3.56. The molecule has 0 aliphatic carbocycles. The number of para-hydroxylation sites is 1. The van der Waals surface area contributed by atoms with Crippen molar-refractivity contribution in [1.29, 1.82) is 0 Å². The van der Waals surface area contributed by atoms with E-state index in [2.05, 4.69) is 24.9 Å². The summed E-state index contributed by atoms with van der Waals surface area (Å²) in [5.41, 5.74) is 0.141. The molecule has 3 rings (SSSR count). The minimum atomic E-state index is -0.684. The molecule has 4 heteroatoms. The highest BCUT2D eigenvalue weighted by molar-refractivity contribution is 7.18. The van der Waals surface area contributed by atoms with Gasteiger partial charge in [-0.1, -0.05) is 19.1 Å². The minimum Gasteiger partial charge on any atom is -0.389 e. The topological polar surface area (TPSA) is 42.4 Å². The highest BCUT2D eigenvalue weighted by Crippen LogP contribution is 2.37. The fraction of sp³-hybridized carbons (Fsp3) is 0.562. The van der Waals surface area contributed by atoms with E-state index in [4.69, 9.17) is 4.74 Å². The third-order valence-electron chi connectivity index (χ3n) is 4.29. The molecule has 20 heavy (non-hydrogen) atoms. The molecule has 2 aromatic rings. The van der Waals surface area contributed by atoms with Crippen LogP contribution >= 0.6 is 11.3 Å². The Morgan fingerprint density at radius 2 is 2.20 bits per heavy atom. The summed E-state index contributed by atoms with van der Waals surface area (Å²) in [6.07, 6.45) is 2.94. The zero-order valence-corrected chi connectivity index (χ0v) is 12.9. The lowest BCUT2D eigenvalue weighted by Gasteiger charge is -2.42. The number of benzene rings is 1. The number of fused-ring (bicyclic) bond motifs is 1. The third kappa shape index (κ3) is 2.73. The Balaban J connectivity index is 1.82. The predicted molar refractivity (Wildman–Crippen MR) is 82.2 cm³/mol. The fourth-order valence-corrected chi connectivity index (χ4v) is 4.08. The second-order valence-corrected chi connectivity index (χ2v) is 7.17. The molecule has 1 fully saturated rings.